The summed E-state index contributed by atoms with van der Waals surface area (Å²) in [4.78, 5) is 25.0. The second-order valence-corrected chi connectivity index (χ2v) is 7.28. The Labute approximate surface area is 140 Å². The van der Waals surface area contributed by atoms with Gasteiger partial charge in [0.25, 0.3) is 0 Å². The molecule has 0 aliphatic rings. The third-order valence-corrected chi connectivity index (χ3v) is 4.37. The summed E-state index contributed by atoms with van der Waals surface area (Å²) in [7, 11) is 1.33. The van der Waals surface area contributed by atoms with Crippen molar-refractivity contribution >= 4 is 35.2 Å². The quantitative estimate of drug-likeness (QED) is 0.608. The molecule has 0 aliphatic heterocycles. The molecule has 22 heavy (non-hydrogen) atoms. The van der Waals surface area contributed by atoms with Crippen molar-refractivity contribution < 1.29 is 14.3 Å². The molecule has 4 nitrogen and oxygen atoms in total. The van der Waals surface area contributed by atoms with Crippen LogP contribution in [0.3, 0.4) is 0 Å². The summed E-state index contributed by atoms with van der Waals surface area (Å²) >= 11 is 7.26. The lowest BCUT2D eigenvalue weighted by Crippen LogP contribution is -2.45. The molecule has 0 radical (unpaired) electrons. The molecule has 6 heteroatoms. The summed E-state index contributed by atoms with van der Waals surface area (Å²) in [5.74, 6) is -0.314. The van der Waals surface area contributed by atoms with Crippen LogP contribution in [0.2, 0.25) is 5.02 Å². The van der Waals surface area contributed by atoms with Crippen molar-refractivity contribution in [1.29, 1.82) is 0 Å². The lowest BCUT2D eigenvalue weighted by Gasteiger charge is -2.20. The van der Waals surface area contributed by atoms with E-state index in [1.54, 1.807) is 19.1 Å². The standard InChI is InChI=1S/C16H22ClNO3S/c1-10(2)9-14(16(20)21-4)18-15(19)11(3)22-13-7-5-12(17)6-8-13/h5-8,10-11,14H,9H2,1-4H3,(H,18,19). The number of nitrogens with one attached hydrogen (secondary N) is 1. The maximum Gasteiger partial charge on any atom is 0.328 e. The first kappa shape index (κ1) is 18.8. The van der Waals surface area contributed by atoms with E-state index < -0.39 is 12.0 Å². The summed E-state index contributed by atoms with van der Waals surface area (Å²) in [6.45, 7) is 5.79. The van der Waals surface area contributed by atoms with Crippen molar-refractivity contribution in [2.24, 2.45) is 5.92 Å². The zero-order chi connectivity index (χ0) is 16.7. The van der Waals surface area contributed by atoms with Crippen molar-refractivity contribution in [3.05, 3.63) is 29.3 Å². The average Bonchev–Trinajstić information content (AvgIpc) is 2.47. The molecule has 0 saturated carbocycles. The van der Waals surface area contributed by atoms with Crippen LogP contribution in [0.15, 0.2) is 29.2 Å². The number of ether oxygens (including phenoxy) is 1. The number of hydrogen-bond donors (Lipinski definition) is 1. The lowest BCUT2D eigenvalue weighted by atomic mass is 10.0. The van der Waals surface area contributed by atoms with Gasteiger partial charge in [0, 0.05) is 9.92 Å². The highest BCUT2D eigenvalue weighted by atomic mass is 35.5. The van der Waals surface area contributed by atoms with Crippen LogP contribution in [-0.2, 0) is 14.3 Å². The van der Waals surface area contributed by atoms with Gasteiger partial charge in [0.2, 0.25) is 5.91 Å². The number of amides is 1. The van der Waals surface area contributed by atoms with Crippen molar-refractivity contribution in [2.75, 3.05) is 7.11 Å². The van der Waals surface area contributed by atoms with E-state index in [4.69, 9.17) is 16.3 Å². The predicted molar refractivity (Wildman–Crippen MR) is 90.2 cm³/mol. The third-order valence-electron chi connectivity index (χ3n) is 3.01. The van der Waals surface area contributed by atoms with Gasteiger partial charge in [-0.05, 0) is 43.5 Å². The zero-order valence-electron chi connectivity index (χ0n) is 13.3. The number of esters is 1. The molecule has 0 bridgehead atoms. The van der Waals surface area contributed by atoms with E-state index >= 15 is 0 Å². The van der Waals surface area contributed by atoms with Gasteiger partial charge >= 0.3 is 5.97 Å². The average molecular weight is 344 g/mol. The Bertz CT molecular complexity index is 505. The highest BCUT2D eigenvalue weighted by molar-refractivity contribution is 8.00. The van der Waals surface area contributed by atoms with Gasteiger partial charge in [0.15, 0.2) is 0 Å². The molecular weight excluding hydrogens is 322 g/mol. The number of benzene rings is 1. The minimum Gasteiger partial charge on any atom is -0.467 e. The number of halogens is 1. The fourth-order valence-corrected chi connectivity index (χ4v) is 2.89. The summed E-state index contributed by atoms with van der Waals surface area (Å²) < 4.78 is 4.75. The molecule has 1 amide bonds. The summed E-state index contributed by atoms with van der Waals surface area (Å²) in [6, 6.07) is 6.69. The molecule has 1 rings (SSSR count). The highest BCUT2D eigenvalue weighted by Gasteiger charge is 2.25. The molecule has 0 heterocycles. The van der Waals surface area contributed by atoms with Crippen LogP contribution < -0.4 is 5.32 Å². The first-order valence-corrected chi connectivity index (χ1v) is 8.39. The second-order valence-electron chi connectivity index (χ2n) is 5.43. The minimum absolute atomic E-state index is 0.184. The van der Waals surface area contributed by atoms with Gasteiger partial charge in [-0.25, -0.2) is 4.79 Å². The third kappa shape index (κ3) is 6.28. The summed E-state index contributed by atoms with van der Waals surface area (Å²) in [5.41, 5.74) is 0. The summed E-state index contributed by atoms with van der Waals surface area (Å²) in [6.07, 6.45) is 0.552. The number of methoxy groups -OCH3 is 1. The minimum atomic E-state index is -0.606. The van der Waals surface area contributed by atoms with Gasteiger partial charge in [-0.15, -0.1) is 11.8 Å². The van der Waals surface area contributed by atoms with Gasteiger partial charge in [0.1, 0.15) is 6.04 Å². The maximum atomic E-state index is 12.3. The molecule has 0 fully saturated rings. The molecule has 1 N–H and O–H groups in total. The van der Waals surface area contributed by atoms with Crippen LogP contribution >= 0.6 is 23.4 Å². The van der Waals surface area contributed by atoms with E-state index in [1.165, 1.54) is 18.9 Å². The molecule has 2 atom stereocenters. The maximum absolute atomic E-state index is 12.3. The molecule has 122 valence electrons. The first-order chi connectivity index (χ1) is 10.3. The van der Waals surface area contributed by atoms with Crippen LogP contribution in [-0.4, -0.2) is 30.3 Å². The molecule has 0 aliphatic carbocycles. The molecule has 2 unspecified atom stereocenters. The second kappa shape index (κ2) is 9.06. The Balaban J connectivity index is 2.64. The van der Waals surface area contributed by atoms with Crippen LogP contribution in [0.25, 0.3) is 0 Å². The number of carbonyl (C=O) groups is 2. The topological polar surface area (TPSA) is 55.4 Å². The Morgan fingerprint density at radius 1 is 1.23 bits per heavy atom. The predicted octanol–water partition coefficient (Wildman–Crippen LogP) is 3.52. The van der Waals surface area contributed by atoms with E-state index in [0.29, 0.717) is 11.4 Å². The van der Waals surface area contributed by atoms with Gasteiger partial charge in [-0.3, -0.25) is 4.79 Å². The Morgan fingerprint density at radius 2 is 1.82 bits per heavy atom. The number of carbonyl (C=O) groups excluding carboxylic acids is 2. The van der Waals surface area contributed by atoms with Crippen molar-refractivity contribution in [1.82, 2.24) is 5.32 Å². The molecule has 0 aromatic heterocycles. The summed E-state index contributed by atoms with van der Waals surface area (Å²) in [5, 5.41) is 3.11. The van der Waals surface area contributed by atoms with Gasteiger partial charge in [0.05, 0.1) is 12.4 Å². The smallest absolute Gasteiger partial charge is 0.328 e. The van der Waals surface area contributed by atoms with Crippen molar-refractivity contribution in [3.8, 4) is 0 Å². The van der Waals surface area contributed by atoms with Crippen LogP contribution in [0.1, 0.15) is 27.2 Å². The Hall–Kier alpha value is -1.20. The number of hydrogen-bond acceptors (Lipinski definition) is 4. The number of rotatable bonds is 7. The van der Waals surface area contributed by atoms with Crippen molar-refractivity contribution in [2.45, 2.75) is 43.4 Å². The molecule has 1 aromatic rings. The normalized spacial score (nSPS) is 13.5. The Kier molecular flexibility index (Phi) is 7.76. The van der Waals surface area contributed by atoms with E-state index in [-0.39, 0.29) is 17.1 Å². The van der Waals surface area contributed by atoms with Gasteiger partial charge in [-0.1, -0.05) is 25.4 Å². The van der Waals surface area contributed by atoms with Crippen LogP contribution in [0.4, 0.5) is 0 Å². The highest BCUT2D eigenvalue weighted by Crippen LogP contribution is 2.25. The zero-order valence-corrected chi connectivity index (χ0v) is 14.8. The van der Waals surface area contributed by atoms with E-state index in [2.05, 4.69) is 5.32 Å². The molecular formula is C16H22ClNO3S. The lowest BCUT2D eigenvalue weighted by molar-refractivity contribution is -0.145. The molecule has 0 saturated heterocycles. The molecule has 0 spiro atoms. The van der Waals surface area contributed by atoms with E-state index in [1.807, 2.05) is 26.0 Å². The first-order valence-electron chi connectivity index (χ1n) is 7.14. The fraction of sp³-hybridized carbons (Fsp3) is 0.500. The van der Waals surface area contributed by atoms with E-state index in [9.17, 15) is 9.59 Å². The monoisotopic (exact) mass is 343 g/mol. The van der Waals surface area contributed by atoms with Crippen LogP contribution in [0, 0.1) is 5.92 Å². The van der Waals surface area contributed by atoms with Gasteiger partial charge in [-0.2, -0.15) is 0 Å². The SMILES string of the molecule is COC(=O)C(CC(C)C)NC(=O)C(C)Sc1ccc(Cl)cc1. The number of thioether (sulfide) groups is 1. The Morgan fingerprint density at radius 3 is 2.32 bits per heavy atom. The van der Waals surface area contributed by atoms with Crippen LogP contribution in [0.5, 0.6) is 0 Å². The largest absolute Gasteiger partial charge is 0.467 e. The molecule has 1 aromatic carbocycles. The van der Waals surface area contributed by atoms with Crippen molar-refractivity contribution in [3.63, 3.8) is 0 Å². The fourth-order valence-electron chi connectivity index (χ4n) is 1.89. The van der Waals surface area contributed by atoms with E-state index in [0.717, 1.165) is 4.90 Å². The van der Waals surface area contributed by atoms with Gasteiger partial charge < -0.3 is 10.1 Å².